The van der Waals surface area contributed by atoms with Crippen molar-refractivity contribution in [1.29, 1.82) is 0 Å². The Morgan fingerprint density at radius 1 is 1.60 bits per heavy atom. The van der Waals surface area contributed by atoms with Gasteiger partial charge in [-0.25, -0.2) is 4.98 Å². The van der Waals surface area contributed by atoms with E-state index < -0.39 is 0 Å². The smallest absolute Gasteiger partial charge is 0.0943 e. The van der Waals surface area contributed by atoms with Crippen LogP contribution in [0.2, 0.25) is 0 Å². The van der Waals surface area contributed by atoms with Gasteiger partial charge in [0.15, 0.2) is 0 Å². The van der Waals surface area contributed by atoms with Crippen molar-refractivity contribution in [3.05, 3.63) is 16.1 Å². The molecule has 3 heteroatoms. The number of thiazole rings is 1. The molecule has 0 spiro atoms. The van der Waals surface area contributed by atoms with Crippen molar-refractivity contribution in [2.45, 2.75) is 39.2 Å². The highest BCUT2D eigenvalue weighted by Crippen LogP contribution is 2.38. The Kier molecular flexibility index (Phi) is 3.42. The van der Waals surface area contributed by atoms with Crippen molar-refractivity contribution >= 4 is 11.3 Å². The molecule has 2 atom stereocenters. The summed E-state index contributed by atoms with van der Waals surface area (Å²) in [7, 11) is 2.07. The zero-order chi connectivity index (χ0) is 10.8. The largest absolute Gasteiger partial charge is 0.316 e. The van der Waals surface area contributed by atoms with Crippen LogP contribution in [0.15, 0.2) is 5.38 Å². The average Bonchev–Trinajstić information content (AvgIpc) is 2.99. The Balaban J connectivity index is 1.95. The van der Waals surface area contributed by atoms with E-state index in [1.54, 1.807) is 11.3 Å². The van der Waals surface area contributed by atoms with Crippen molar-refractivity contribution in [2.75, 3.05) is 7.05 Å². The minimum absolute atomic E-state index is 0.600. The molecule has 2 unspecified atom stereocenters. The Morgan fingerprint density at radius 3 is 2.80 bits per heavy atom. The molecular weight excluding hydrogens is 204 g/mol. The molecule has 0 aliphatic heterocycles. The van der Waals surface area contributed by atoms with Gasteiger partial charge < -0.3 is 5.32 Å². The minimum atomic E-state index is 0.600. The first-order valence-corrected chi connectivity index (χ1v) is 6.67. The summed E-state index contributed by atoms with van der Waals surface area (Å²) in [5.74, 6) is 1.75. The summed E-state index contributed by atoms with van der Waals surface area (Å²) < 4.78 is 0. The van der Waals surface area contributed by atoms with E-state index in [0.29, 0.717) is 6.04 Å². The first kappa shape index (κ1) is 11.1. The molecule has 0 bridgehead atoms. The van der Waals surface area contributed by atoms with E-state index in [9.17, 15) is 0 Å². The molecule has 0 aromatic carbocycles. The third kappa shape index (κ3) is 2.79. The van der Waals surface area contributed by atoms with Crippen molar-refractivity contribution < 1.29 is 0 Å². The fourth-order valence-corrected chi connectivity index (χ4v) is 3.02. The van der Waals surface area contributed by atoms with E-state index in [1.165, 1.54) is 17.8 Å². The lowest BCUT2D eigenvalue weighted by Crippen LogP contribution is -2.35. The van der Waals surface area contributed by atoms with Crippen LogP contribution < -0.4 is 5.32 Å². The molecule has 1 aliphatic rings. The van der Waals surface area contributed by atoms with Gasteiger partial charge in [0.2, 0.25) is 0 Å². The highest BCUT2D eigenvalue weighted by Gasteiger charge is 2.32. The zero-order valence-corrected chi connectivity index (χ0v) is 10.6. The highest BCUT2D eigenvalue weighted by atomic mass is 32.1. The molecule has 1 aromatic rings. The molecule has 1 aromatic heterocycles. The van der Waals surface area contributed by atoms with E-state index >= 15 is 0 Å². The molecule has 15 heavy (non-hydrogen) atoms. The van der Waals surface area contributed by atoms with E-state index in [0.717, 1.165) is 24.0 Å². The van der Waals surface area contributed by atoms with Gasteiger partial charge in [0.05, 0.1) is 5.01 Å². The van der Waals surface area contributed by atoms with Gasteiger partial charge in [0.25, 0.3) is 0 Å². The van der Waals surface area contributed by atoms with E-state index in [1.807, 2.05) is 0 Å². The first-order chi connectivity index (χ1) is 7.20. The number of nitrogens with zero attached hydrogens (tertiary/aromatic N) is 1. The van der Waals surface area contributed by atoms with Crippen LogP contribution in [0.25, 0.3) is 0 Å². The first-order valence-electron chi connectivity index (χ1n) is 5.79. The predicted molar refractivity (Wildman–Crippen MR) is 65.3 cm³/mol. The molecule has 2 rings (SSSR count). The van der Waals surface area contributed by atoms with Gasteiger partial charge in [-0.15, -0.1) is 11.3 Å². The maximum absolute atomic E-state index is 4.54. The van der Waals surface area contributed by atoms with Gasteiger partial charge in [-0.2, -0.15) is 0 Å². The number of aryl methyl sites for hydroxylation is 1. The number of likely N-dealkylation sites (N-methyl/N-ethyl adjacent to an activating group) is 1. The molecule has 0 amide bonds. The van der Waals surface area contributed by atoms with Crippen molar-refractivity contribution in [3.8, 4) is 0 Å². The molecule has 1 fully saturated rings. The SMILES string of the molecule is CNC(Cc1nc(C)cs1)C(C)C1CC1. The molecule has 1 heterocycles. The summed E-state index contributed by atoms with van der Waals surface area (Å²) in [5.41, 5.74) is 1.16. The number of rotatable bonds is 5. The second kappa shape index (κ2) is 4.62. The number of hydrogen-bond acceptors (Lipinski definition) is 3. The molecule has 2 nitrogen and oxygen atoms in total. The molecule has 1 aliphatic carbocycles. The summed E-state index contributed by atoms with van der Waals surface area (Å²) in [6.07, 6.45) is 3.94. The van der Waals surface area contributed by atoms with Gasteiger partial charge in [0.1, 0.15) is 0 Å². The van der Waals surface area contributed by atoms with Crippen molar-refractivity contribution in [3.63, 3.8) is 0 Å². The van der Waals surface area contributed by atoms with Crippen LogP contribution in [0.4, 0.5) is 0 Å². The molecule has 84 valence electrons. The number of aromatic nitrogens is 1. The van der Waals surface area contributed by atoms with Crippen LogP contribution in [-0.2, 0) is 6.42 Å². The second-order valence-corrected chi connectivity index (χ2v) is 5.62. The molecular formula is C12H20N2S. The Bertz CT molecular complexity index is 317. The van der Waals surface area contributed by atoms with Gasteiger partial charge in [-0.3, -0.25) is 0 Å². The third-order valence-corrected chi connectivity index (χ3v) is 4.42. The third-order valence-electron chi connectivity index (χ3n) is 3.43. The topological polar surface area (TPSA) is 24.9 Å². The summed E-state index contributed by atoms with van der Waals surface area (Å²) >= 11 is 1.79. The average molecular weight is 224 g/mol. The van der Waals surface area contributed by atoms with E-state index in [2.05, 4.69) is 36.6 Å². The van der Waals surface area contributed by atoms with Crippen LogP contribution in [0.3, 0.4) is 0 Å². The van der Waals surface area contributed by atoms with Gasteiger partial charge in [0, 0.05) is 23.5 Å². The van der Waals surface area contributed by atoms with Crippen LogP contribution in [0.1, 0.15) is 30.5 Å². The summed E-state index contributed by atoms with van der Waals surface area (Å²) in [5, 5.41) is 6.87. The minimum Gasteiger partial charge on any atom is -0.316 e. The molecule has 1 saturated carbocycles. The van der Waals surface area contributed by atoms with E-state index in [4.69, 9.17) is 0 Å². The Morgan fingerprint density at radius 2 is 2.33 bits per heavy atom. The van der Waals surface area contributed by atoms with Crippen LogP contribution in [0, 0.1) is 18.8 Å². The van der Waals surface area contributed by atoms with Gasteiger partial charge in [-0.1, -0.05) is 6.92 Å². The summed E-state index contributed by atoms with van der Waals surface area (Å²) in [4.78, 5) is 4.54. The highest BCUT2D eigenvalue weighted by molar-refractivity contribution is 7.09. The quantitative estimate of drug-likeness (QED) is 0.831. The lowest BCUT2D eigenvalue weighted by atomic mass is 9.94. The maximum atomic E-state index is 4.54. The molecule has 0 saturated heterocycles. The molecule has 1 N–H and O–H groups in total. The van der Waals surface area contributed by atoms with Gasteiger partial charge >= 0.3 is 0 Å². The zero-order valence-electron chi connectivity index (χ0n) is 9.79. The second-order valence-electron chi connectivity index (χ2n) is 4.68. The van der Waals surface area contributed by atoms with Crippen LogP contribution in [-0.4, -0.2) is 18.1 Å². The number of hydrogen-bond donors (Lipinski definition) is 1. The van der Waals surface area contributed by atoms with Gasteiger partial charge in [-0.05, 0) is 38.6 Å². The summed E-state index contributed by atoms with van der Waals surface area (Å²) in [6, 6.07) is 0.600. The fourth-order valence-electron chi connectivity index (χ4n) is 2.19. The van der Waals surface area contributed by atoms with Crippen LogP contribution in [0.5, 0.6) is 0 Å². The monoisotopic (exact) mass is 224 g/mol. The standard InChI is InChI=1S/C12H20N2S/c1-8-7-15-12(14-8)6-11(13-3)9(2)10-4-5-10/h7,9-11,13H,4-6H2,1-3H3. The van der Waals surface area contributed by atoms with E-state index in [-0.39, 0.29) is 0 Å². The lowest BCUT2D eigenvalue weighted by molar-refractivity contribution is 0.357. The van der Waals surface area contributed by atoms with Crippen molar-refractivity contribution in [1.82, 2.24) is 10.3 Å². The maximum Gasteiger partial charge on any atom is 0.0943 e. The predicted octanol–water partition coefficient (Wildman–Crippen LogP) is 2.63. The van der Waals surface area contributed by atoms with Crippen LogP contribution >= 0.6 is 11.3 Å². The summed E-state index contributed by atoms with van der Waals surface area (Å²) in [6.45, 7) is 4.44. The Labute approximate surface area is 96.1 Å². The normalized spacial score (nSPS) is 20.2. The van der Waals surface area contributed by atoms with Crippen molar-refractivity contribution in [2.24, 2.45) is 11.8 Å². The lowest BCUT2D eigenvalue weighted by Gasteiger charge is -2.22. The number of nitrogens with one attached hydrogen (secondary N) is 1. The fraction of sp³-hybridized carbons (Fsp3) is 0.750. The Hall–Kier alpha value is -0.410. The molecule has 0 radical (unpaired) electrons.